The van der Waals surface area contributed by atoms with Crippen molar-refractivity contribution in [2.24, 2.45) is 5.73 Å². The van der Waals surface area contributed by atoms with Crippen LogP contribution in [-0.4, -0.2) is 10.9 Å². The van der Waals surface area contributed by atoms with E-state index in [0.717, 1.165) is 12.2 Å². The lowest BCUT2D eigenvalue weighted by Gasteiger charge is -2.08. The third-order valence-corrected chi connectivity index (χ3v) is 4.40. The van der Waals surface area contributed by atoms with Gasteiger partial charge in [0.2, 0.25) is 11.8 Å². The SMILES string of the molecule is CCCC.CCCCCC.CCc1ccc(Oc2ccc(C(N)=O)cn2)cc1C. The van der Waals surface area contributed by atoms with Gasteiger partial charge in [0, 0.05) is 12.3 Å². The molecule has 0 unspecified atom stereocenters. The average Bonchev–Trinajstić information content (AvgIpc) is 2.73. The van der Waals surface area contributed by atoms with Gasteiger partial charge < -0.3 is 10.5 Å². The molecule has 0 aliphatic carbocycles. The summed E-state index contributed by atoms with van der Waals surface area (Å²) in [7, 11) is 0. The van der Waals surface area contributed by atoms with E-state index < -0.39 is 5.91 Å². The predicted octanol–water partition coefficient (Wildman–Crippen LogP) is 7.24. The monoisotopic (exact) mass is 400 g/mol. The zero-order valence-corrected chi connectivity index (χ0v) is 19.3. The highest BCUT2D eigenvalue weighted by Crippen LogP contribution is 2.22. The molecule has 29 heavy (non-hydrogen) atoms. The van der Waals surface area contributed by atoms with Crippen LogP contribution < -0.4 is 10.5 Å². The number of carbonyl (C=O) groups excluding carboxylic acids is 1. The minimum Gasteiger partial charge on any atom is -0.439 e. The summed E-state index contributed by atoms with van der Waals surface area (Å²) in [5, 5.41) is 0. The molecule has 1 heterocycles. The molecule has 0 spiro atoms. The summed E-state index contributed by atoms with van der Waals surface area (Å²) in [5.74, 6) is 0.671. The number of primary amides is 1. The van der Waals surface area contributed by atoms with E-state index in [1.807, 2.05) is 18.2 Å². The molecular formula is C25H40N2O2. The molecule has 0 aliphatic rings. The molecule has 0 saturated heterocycles. The van der Waals surface area contributed by atoms with Gasteiger partial charge in [0.25, 0.3) is 0 Å². The van der Waals surface area contributed by atoms with Crippen molar-refractivity contribution in [3.8, 4) is 11.6 Å². The molecule has 1 aromatic heterocycles. The Morgan fingerprint density at radius 3 is 1.93 bits per heavy atom. The van der Waals surface area contributed by atoms with E-state index in [0.29, 0.717) is 11.4 Å². The number of benzene rings is 1. The first kappa shape index (κ1) is 26.6. The summed E-state index contributed by atoms with van der Waals surface area (Å²) in [5.41, 5.74) is 8.00. The van der Waals surface area contributed by atoms with E-state index in [2.05, 4.69) is 46.5 Å². The fourth-order valence-corrected chi connectivity index (χ4v) is 2.34. The van der Waals surface area contributed by atoms with E-state index in [1.165, 1.54) is 55.8 Å². The molecule has 4 heteroatoms. The van der Waals surface area contributed by atoms with Gasteiger partial charge in [0.15, 0.2) is 0 Å². The van der Waals surface area contributed by atoms with E-state index in [-0.39, 0.29) is 0 Å². The average molecular weight is 401 g/mol. The number of rotatable bonds is 8. The summed E-state index contributed by atoms with van der Waals surface area (Å²) in [6.45, 7) is 13.0. The highest BCUT2D eigenvalue weighted by atomic mass is 16.5. The number of amides is 1. The maximum absolute atomic E-state index is 10.9. The summed E-state index contributed by atoms with van der Waals surface area (Å²) in [6, 6.07) is 9.15. The molecule has 0 saturated carbocycles. The van der Waals surface area contributed by atoms with Crippen molar-refractivity contribution in [2.75, 3.05) is 0 Å². The van der Waals surface area contributed by atoms with Gasteiger partial charge in [0.05, 0.1) is 5.56 Å². The second-order valence-electron chi connectivity index (χ2n) is 7.00. The highest BCUT2D eigenvalue weighted by molar-refractivity contribution is 5.92. The fourth-order valence-electron chi connectivity index (χ4n) is 2.34. The van der Waals surface area contributed by atoms with Crippen LogP contribution in [0.1, 0.15) is 94.6 Å². The number of hydrogen-bond donors (Lipinski definition) is 1. The molecule has 1 aromatic carbocycles. The lowest BCUT2D eigenvalue weighted by Crippen LogP contribution is -2.10. The van der Waals surface area contributed by atoms with E-state index in [4.69, 9.17) is 10.5 Å². The molecule has 2 aromatic rings. The Kier molecular flexibility index (Phi) is 15.2. The molecule has 4 nitrogen and oxygen atoms in total. The Morgan fingerprint density at radius 2 is 1.55 bits per heavy atom. The third kappa shape index (κ3) is 11.9. The van der Waals surface area contributed by atoms with Crippen LogP contribution in [-0.2, 0) is 6.42 Å². The number of unbranched alkanes of at least 4 members (excludes halogenated alkanes) is 4. The fraction of sp³-hybridized carbons (Fsp3) is 0.520. The molecule has 162 valence electrons. The van der Waals surface area contributed by atoms with Crippen molar-refractivity contribution in [1.29, 1.82) is 0 Å². The van der Waals surface area contributed by atoms with E-state index in [9.17, 15) is 4.79 Å². The standard InChI is InChI=1S/C15H16N2O2.C6H14.C4H10/c1-3-11-4-6-13(8-10(11)2)19-14-7-5-12(9-17-14)15(16)18;1-3-5-6-4-2;1-3-4-2/h4-9H,3H2,1-2H3,(H2,16,18);3-6H2,1-2H3;3-4H2,1-2H3. The highest BCUT2D eigenvalue weighted by Gasteiger charge is 2.04. The quantitative estimate of drug-likeness (QED) is 0.475. The first-order chi connectivity index (χ1) is 13.9. The second-order valence-corrected chi connectivity index (χ2v) is 7.00. The smallest absolute Gasteiger partial charge is 0.250 e. The molecular weight excluding hydrogens is 360 g/mol. The van der Waals surface area contributed by atoms with Crippen LogP contribution in [0, 0.1) is 6.92 Å². The topological polar surface area (TPSA) is 65.2 Å². The van der Waals surface area contributed by atoms with Gasteiger partial charge >= 0.3 is 0 Å². The van der Waals surface area contributed by atoms with Gasteiger partial charge in [-0.15, -0.1) is 0 Å². The van der Waals surface area contributed by atoms with E-state index >= 15 is 0 Å². The van der Waals surface area contributed by atoms with Crippen molar-refractivity contribution in [3.63, 3.8) is 0 Å². The van der Waals surface area contributed by atoms with Crippen molar-refractivity contribution in [3.05, 3.63) is 53.2 Å². The minimum atomic E-state index is -0.498. The van der Waals surface area contributed by atoms with E-state index in [1.54, 1.807) is 12.1 Å². The zero-order valence-electron chi connectivity index (χ0n) is 19.3. The number of nitrogens with two attached hydrogens (primary N) is 1. The molecule has 1 amide bonds. The molecule has 0 radical (unpaired) electrons. The number of aryl methyl sites for hydroxylation is 2. The van der Waals surface area contributed by atoms with Crippen molar-refractivity contribution < 1.29 is 9.53 Å². The Morgan fingerprint density at radius 1 is 0.931 bits per heavy atom. The number of pyridine rings is 1. The molecule has 0 fully saturated rings. The van der Waals surface area contributed by atoms with Crippen molar-refractivity contribution in [2.45, 2.75) is 86.5 Å². The Bertz CT molecular complexity index is 676. The minimum absolute atomic E-state index is 0.366. The lowest BCUT2D eigenvalue weighted by molar-refractivity contribution is 0.1000. The summed E-state index contributed by atoms with van der Waals surface area (Å²) < 4.78 is 5.63. The number of ether oxygens (including phenoxy) is 1. The Balaban J connectivity index is 0.000000654. The predicted molar refractivity (Wildman–Crippen MR) is 124 cm³/mol. The molecule has 2 rings (SSSR count). The van der Waals surface area contributed by atoms with Gasteiger partial charge in [0.1, 0.15) is 5.75 Å². The zero-order chi connectivity index (χ0) is 22.1. The molecule has 0 aliphatic heterocycles. The van der Waals surface area contributed by atoms with Gasteiger partial charge in [-0.2, -0.15) is 0 Å². The molecule has 2 N–H and O–H groups in total. The van der Waals surface area contributed by atoms with Gasteiger partial charge in [-0.1, -0.05) is 79.2 Å². The first-order valence-corrected chi connectivity index (χ1v) is 11.0. The normalized spacial score (nSPS) is 9.59. The molecule has 0 atom stereocenters. The Hall–Kier alpha value is -2.36. The maximum atomic E-state index is 10.9. The van der Waals surface area contributed by atoms with Crippen LogP contribution in [0.2, 0.25) is 0 Å². The lowest BCUT2D eigenvalue weighted by atomic mass is 10.1. The number of hydrogen-bond acceptors (Lipinski definition) is 3. The first-order valence-electron chi connectivity index (χ1n) is 11.0. The third-order valence-electron chi connectivity index (χ3n) is 4.40. The number of nitrogens with zero attached hydrogens (tertiary/aromatic N) is 1. The van der Waals surface area contributed by atoms with Gasteiger partial charge in [-0.3, -0.25) is 4.79 Å². The van der Waals surface area contributed by atoms with Gasteiger partial charge in [-0.25, -0.2) is 4.98 Å². The van der Waals surface area contributed by atoms with Crippen LogP contribution in [0.25, 0.3) is 0 Å². The van der Waals surface area contributed by atoms with Gasteiger partial charge in [-0.05, 0) is 42.7 Å². The van der Waals surface area contributed by atoms with Crippen LogP contribution in [0.15, 0.2) is 36.5 Å². The van der Waals surface area contributed by atoms with Crippen molar-refractivity contribution in [1.82, 2.24) is 4.98 Å². The summed E-state index contributed by atoms with van der Waals surface area (Å²) in [4.78, 5) is 15.0. The van der Waals surface area contributed by atoms with Crippen LogP contribution in [0.4, 0.5) is 0 Å². The number of aromatic nitrogens is 1. The second kappa shape index (κ2) is 16.6. The van der Waals surface area contributed by atoms with Crippen LogP contribution in [0.3, 0.4) is 0 Å². The number of carbonyl (C=O) groups is 1. The largest absolute Gasteiger partial charge is 0.439 e. The summed E-state index contributed by atoms with van der Waals surface area (Å²) in [6.07, 6.45) is 10.6. The summed E-state index contributed by atoms with van der Waals surface area (Å²) >= 11 is 0. The maximum Gasteiger partial charge on any atom is 0.250 e. The van der Waals surface area contributed by atoms with Crippen LogP contribution >= 0.6 is 0 Å². The Labute approximate surface area is 177 Å². The van der Waals surface area contributed by atoms with Crippen molar-refractivity contribution >= 4 is 5.91 Å². The van der Waals surface area contributed by atoms with Crippen LogP contribution in [0.5, 0.6) is 11.6 Å². The molecule has 0 bridgehead atoms.